The van der Waals surface area contributed by atoms with Gasteiger partial charge in [-0.1, -0.05) is 53.5 Å². The number of hydrogen-bond acceptors (Lipinski definition) is 4. The fourth-order valence-corrected chi connectivity index (χ4v) is 3.65. The van der Waals surface area contributed by atoms with Gasteiger partial charge in [0, 0.05) is 19.2 Å². The van der Waals surface area contributed by atoms with E-state index in [1.165, 1.54) is 23.5 Å². The second-order valence-corrected chi connectivity index (χ2v) is 7.66. The lowest BCUT2D eigenvalue weighted by Crippen LogP contribution is -2.30. The Balaban J connectivity index is 1.39. The number of fused-ring (bicyclic) bond motifs is 1. The van der Waals surface area contributed by atoms with Crippen LogP contribution < -0.4 is 10.2 Å². The molecule has 6 heteroatoms. The molecule has 0 unspecified atom stereocenters. The van der Waals surface area contributed by atoms with E-state index >= 15 is 0 Å². The first-order valence-electron chi connectivity index (χ1n) is 9.06. The molecule has 0 radical (unpaired) electrons. The van der Waals surface area contributed by atoms with Crippen LogP contribution in [0.15, 0.2) is 64.0 Å². The number of ether oxygens (including phenoxy) is 1. The Morgan fingerprint density at radius 3 is 2.64 bits per heavy atom. The molecule has 0 bridgehead atoms. The Morgan fingerprint density at radius 1 is 1.04 bits per heavy atom. The predicted molar refractivity (Wildman–Crippen MR) is 110 cm³/mol. The standard InChI is InChI=1S/C22H19Cl2NO3/c23-19-6-5-15(9-20(19)24)13-28-22-14-27-18(10-21(22)26)12-25-8-7-16-3-1-2-4-17(16)11-25/h1-6,9-10,14H,7-8,11-13H2. The van der Waals surface area contributed by atoms with Crippen molar-refractivity contribution in [3.63, 3.8) is 0 Å². The van der Waals surface area contributed by atoms with Crippen molar-refractivity contribution < 1.29 is 9.15 Å². The average molecular weight is 416 g/mol. The van der Waals surface area contributed by atoms with E-state index in [0.29, 0.717) is 22.4 Å². The van der Waals surface area contributed by atoms with Gasteiger partial charge in [0.15, 0.2) is 0 Å². The van der Waals surface area contributed by atoms with Gasteiger partial charge in [-0.2, -0.15) is 0 Å². The molecule has 0 amide bonds. The van der Waals surface area contributed by atoms with Crippen molar-refractivity contribution in [1.82, 2.24) is 4.90 Å². The van der Waals surface area contributed by atoms with E-state index in [9.17, 15) is 4.79 Å². The summed E-state index contributed by atoms with van der Waals surface area (Å²) in [6.45, 7) is 2.60. The van der Waals surface area contributed by atoms with Crippen molar-refractivity contribution in [3.8, 4) is 5.75 Å². The minimum absolute atomic E-state index is 0.179. The van der Waals surface area contributed by atoms with Gasteiger partial charge in [0.2, 0.25) is 11.2 Å². The van der Waals surface area contributed by atoms with Gasteiger partial charge in [-0.25, -0.2) is 0 Å². The molecule has 2 aromatic carbocycles. The molecule has 0 saturated heterocycles. The van der Waals surface area contributed by atoms with Gasteiger partial charge in [-0.15, -0.1) is 0 Å². The van der Waals surface area contributed by atoms with Gasteiger partial charge in [0.1, 0.15) is 18.6 Å². The quantitative estimate of drug-likeness (QED) is 0.582. The fourth-order valence-electron chi connectivity index (χ4n) is 3.33. The summed E-state index contributed by atoms with van der Waals surface area (Å²) in [6, 6.07) is 15.2. The van der Waals surface area contributed by atoms with Gasteiger partial charge in [-0.05, 0) is 35.2 Å². The number of halogens is 2. The SMILES string of the molecule is O=c1cc(CN2CCc3ccccc3C2)occ1OCc1ccc(Cl)c(Cl)c1. The summed E-state index contributed by atoms with van der Waals surface area (Å²) in [5.74, 6) is 0.810. The summed E-state index contributed by atoms with van der Waals surface area (Å²) < 4.78 is 11.2. The molecule has 1 aliphatic rings. The van der Waals surface area contributed by atoms with Crippen LogP contribution in [0.4, 0.5) is 0 Å². The summed E-state index contributed by atoms with van der Waals surface area (Å²) in [5, 5.41) is 0.933. The summed E-state index contributed by atoms with van der Waals surface area (Å²) in [6.07, 6.45) is 2.39. The van der Waals surface area contributed by atoms with Crippen LogP contribution in [0.3, 0.4) is 0 Å². The van der Waals surface area contributed by atoms with Crippen LogP contribution in [0.1, 0.15) is 22.5 Å². The summed E-state index contributed by atoms with van der Waals surface area (Å²) in [5.41, 5.74) is 3.35. The second-order valence-electron chi connectivity index (χ2n) is 6.84. The van der Waals surface area contributed by atoms with Crippen LogP contribution in [0.2, 0.25) is 10.0 Å². The fraction of sp³-hybridized carbons (Fsp3) is 0.227. The molecule has 2 heterocycles. The van der Waals surface area contributed by atoms with E-state index in [0.717, 1.165) is 25.1 Å². The molecule has 4 rings (SSSR count). The number of nitrogens with zero attached hydrogens (tertiary/aromatic N) is 1. The van der Waals surface area contributed by atoms with Crippen LogP contribution in [0.5, 0.6) is 5.75 Å². The summed E-state index contributed by atoms with van der Waals surface area (Å²) in [4.78, 5) is 14.6. The number of hydrogen-bond donors (Lipinski definition) is 0. The van der Waals surface area contributed by atoms with Crippen molar-refractivity contribution in [2.24, 2.45) is 0 Å². The zero-order valence-corrected chi connectivity index (χ0v) is 16.7. The zero-order valence-electron chi connectivity index (χ0n) is 15.2. The van der Waals surface area contributed by atoms with Crippen molar-refractivity contribution >= 4 is 23.2 Å². The molecule has 1 aromatic heterocycles. The third-order valence-electron chi connectivity index (χ3n) is 4.82. The van der Waals surface area contributed by atoms with Crippen LogP contribution in [-0.4, -0.2) is 11.4 Å². The number of benzene rings is 2. The van der Waals surface area contributed by atoms with Crippen molar-refractivity contribution in [2.75, 3.05) is 6.54 Å². The topological polar surface area (TPSA) is 42.7 Å². The Bertz CT molecular complexity index is 1050. The Kier molecular flexibility index (Phi) is 5.72. The van der Waals surface area contributed by atoms with Gasteiger partial charge in [0.25, 0.3) is 0 Å². The molecule has 4 nitrogen and oxygen atoms in total. The molecular formula is C22H19Cl2NO3. The molecule has 0 fully saturated rings. The maximum Gasteiger partial charge on any atom is 0.227 e. The molecule has 0 saturated carbocycles. The maximum atomic E-state index is 12.4. The Morgan fingerprint density at radius 2 is 1.86 bits per heavy atom. The highest BCUT2D eigenvalue weighted by atomic mass is 35.5. The number of rotatable bonds is 5. The summed E-state index contributed by atoms with van der Waals surface area (Å²) >= 11 is 11.9. The van der Waals surface area contributed by atoms with E-state index in [4.69, 9.17) is 32.4 Å². The molecular weight excluding hydrogens is 397 g/mol. The minimum atomic E-state index is -0.196. The Labute approximate surface area is 173 Å². The maximum absolute atomic E-state index is 12.4. The summed E-state index contributed by atoms with van der Waals surface area (Å²) in [7, 11) is 0. The highest BCUT2D eigenvalue weighted by molar-refractivity contribution is 6.42. The zero-order chi connectivity index (χ0) is 19.5. The predicted octanol–water partition coefficient (Wildman–Crippen LogP) is 5.08. The lowest BCUT2D eigenvalue weighted by molar-refractivity contribution is 0.220. The molecule has 1 aliphatic heterocycles. The largest absolute Gasteiger partial charge is 0.482 e. The first-order valence-corrected chi connectivity index (χ1v) is 9.81. The first kappa shape index (κ1) is 19.1. The van der Waals surface area contributed by atoms with E-state index in [1.54, 1.807) is 18.2 Å². The highest BCUT2D eigenvalue weighted by Crippen LogP contribution is 2.23. The van der Waals surface area contributed by atoms with E-state index in [2.05, 4.69) is 29.2 Å². The van der Waals surface area contributed by atoms with Crippen molar-refractivity contribution in [2.45, 2.75) is 26.1 Å². The van der Waals surface area contributed by atoms with E-state index in [-0.39, 0.29) is 17.8 Å². The monoisotopic (exact) mass is 415 g/mol. The van der Waals surface area contributed by atoms with Crippen LogP contribution in [-0.2, 0) is 26.1 Å². The van der Waals surface area contributed by atoms with E-state index in [1.807, 2.05) is 0 Å². The van der Waals surface area contributed by atoms with Crippen molar-refractivity contribution in [3.05, 3.63) is 97.5 Å². The molecule has 0 N–H and O–H groups in total. The second kappa shape index (κ2) is 8.39. The molecule has 0 aliphatic carbocycles. The Hall–Kier alpha value is -2.27. The minimum Gasteiger partial charge on any atom is -0.482 e. The molecule has 0 spiro atoms. The third kappa shape index (κ3) is 4.41. The lowest BCUT2D eigenvalue weighted by Gasteiger charge is -2.28. The van der Waals surface area contributed by atoms with E-state index < -0.39 is 0 Å². The lowest BCUT2D eigenvalue weighted by atomic mass is 10.00. The third-order valence-corrected chi connectivity index (χ3v) is 5.56. The van der Waals surface area contributed by atoms with Crippen molar-refractivity contribution in [1.29, 1.82) is 0 Å². The molecule has 0 atom stereocenters. The smallest absolute Gasteiger partial charge is 0.227 e. The molecule has 3 aromatic rings. The normalized spacial score (nSPS) is 13.9. The average Bonchev–Trinajstić information content (AvgIpc) is 2.70. The highest BCUT2D eigenvalue weighted by Gasteiger charge is 2.17. The first-order chi connectivity index (χ1) is 13.6. The van der Waals surface area contributed by atoms with Gasteiger partial charge >= 0.3 is 0 Å². The van der Waals surface area contributed by atoms with Crippen LogP contribution in [0, 0.1) is 0 Å². The van der Waals surface area contributed by atoms with Gasteiger partial charge < -0.3 is 9.15 Å². The molecule has 144 valence electrons. The molecule has 28 heavy (non-hydrogen) atoms. The van der Waals surface area contributed by atoms with Crippen LogP contribution in [0.25, 0.3) is 0 Å². The van der Waals surface area contributed by atoms with Gasteiger partial charge in [-0.3, -0.25) is 9.69 Å². The van der Waals surface area contributed by atoms with Crippen LogP contribution >= 0.6 is 23.2 Å². The van der Waals surface area contributed by atoms with Gasteiger partial charge in [0.05, 0.1) is 16.6 Å².